The number of rotatable bonds is 8. The summed E-state index contributed by atoms with van der Waals surface area (Å²) in [4.78, 5) is 12.8. The Hall–Kier alpha value is -1.56. The molecule has 13 nitrogen and oxygen atoms in total. The standard InChI is InChI=1S/C23H28O13S/c1-20-9-22(36-37(29)30)13-7-23(20,33-18-16(27)15(26)14(25)12(8-24)32-18)21(13,19(34-20)35-22)10-31-17(28)11-5-3-2-4-6-11/h2-6,12-16,18-19,24-27H,7-10H2,1H3,(H,29,30). The number of hydrogen-bond acceptors (Lipinski definition) is 12. The molecule has 204 valence electrons. The molecular formula is C23H28O13S. The van der Waals surface area contributed by atoms with Crippen molar-refractivity contribution in [3.8, 4) is 0 Å². The van der Waals surface area contributed by atoms with Crippen LogP contribution in [0.4, 0.5) is 0 Å². The zero-order valence-corrected chi connectivity index (χ0v) is 20.5. The van der Waals surface area contributed by atoms with Crippen molar-refractivity contribution >= 4 is 17.3 Å². The van der Waals surface area contributed by atoms with Crippen LogP contribution in [0.15, 0.2) is 30.3 Å². The fourth-order valence-electron chi connectivity index (χ4n) is 7.07. The Labute approximate surface area is 213 Å². The largest absolute Gasteiger partial charge is 0.461 e. The van der Waals surface area contributed by atoms with Crippen LogP contribution >= 0.6 is 0 Å². The zero-order chi connectivity index (χ0) is 26.4. The number of carbonyl (C=O) groups excluding carboxylic acids is 1. The molecule has 6 bridgehead atoms. The molecule has 0 spiro atoms. The molecule has 8 rings (SSSR count). The fraction of sp³-hybridized carbons (Fsp3) is 0.696. The lowest BCUT2D eigenvalue weighted by Gasteiger charge is -2.68. The first-order valence-electron chi connectivity index (χ1n) is 11.9. The summed E-state index contributed by atoms with van der Waals surface area (Å²) >= 11 is -2.67. The van der Waals surface area contributed by atoms with E-state index in [-0.39, 0.29) is 19.4 Å². The molecule has 7 fully saturated rings. The van der Waals surface area contributed by atoms with Gasteiger partial charge in [-0.2, -0.15) is 4.21 Å². The first kappa shape index (κ1) is 25.7. The number of aliphatic hydroxyl groups excluding tert-OH is 4. The third-order valence-electron chi connectivity index (χ3n) is 8.76. The summed E-state index contributed by atoms with van der Waals surface area (Å²) in [6.45, 7) is 0.784. The van der Waals surface area contributed by atoms with Gasteiger partial charge in [0.25, 0.3) is 0 Å². The predicted molar refractivity (Wildman–Crippen MR) is 118 cm³/mol. The first-order valence-corrected chi connectivity index (χ1v) is 12.9. The lowest BCUT2D eigenvalue weighted by molar-refractivity contribution is -0.419. The predicted octanol–water partition coefficient (Wildman–Crippen LogP) is -1.20. The van der Waals surface area contributed by atoms with Crippen LogP contribution in [-0.4, -0.2) is 102 Å². The number of ether oxygens (including phenoxy) is 5. The highest BCUT2D eigenvalue weighted by Crippen LogP contribution is 2.82. The molecule has 7 aliphatic rings. The maximum atomic E-state index is 12.8. The SMILES string of the molecule is CC12CC3(OS(=O)O)OC(O1)C1(COC(=O)c4ccccc4)C3CC21OC1OC(CO)C(O)C(O)C1O. The van der Waals surface area contributed by atoms with E-state index < -0.39 is 89.3 Å². The van der Waals surface area contributed by atoms with Crippen molar-refractivity contribution in [2.75, 3.05) is 13.2 Å². The van der Waals surface area contributed by atoms with E-state index in [0.717, 1.165) is 0 Å². The second-order valence-electron chi connectivity index (χ2n) is 10.5. The van der Waals surface area contributed by atoms with Crippen LogP contribution in [0.2, 0.25) is 0 Å². The summed E-state index contributed by atoms with van der Waals surface area (Å²) in [5, 5.41) is 40.7. The molecule has 0 amide bonds. The Morgan fingerprint density at radius 3 is 2.54 bits per heavy atom. The monoisotopic (exact) mass is 544 g/mol. The lowest BCUT2D eigenvalue weighted by Crippen LogP contribution is -2.81. The molecule has 12 atom stereocenters. The number of benzene rings is 1. The summed E-state index contributed by atoms with van der Waals surface area (Å²) in [6, 6.07) is 8.31. The second kappa shape index (κ2) is 8.47. The third kappa shape index (κ3) is 3.26. The van der Waals surface area contributed by atoms with Gasteiger partial charge in [0.2, 0.25) is 0 Å². The van der Waals surface area contributed by atoms with Crippen LogP contribution in [0.3, 0.4) is 0 Å². The van der Waals surface area contributed by atoms with E-state index in [1.54, 1.807) is 37.3 Å². The van der Waals surface area contributed by atoms with E-state index >= 15 is 0 Å². The van der Waals surface area contributed by atoms with Crippen LogP contribution in [0.25, 0.3) is 0 Å². The van der Waals surface area contributed by atoms with Gasteiger partial charge in [0.1, 0.15) is 42.2 Å². The Balaban J connectivity index is 1.35. The highest BCUT2D eigenvalue weighted by Gasteiger charge is 2.95. The number of aliphatic hydroxyl groups is 4. The van der Waals surface area contributed by atoms with E-state index in [1.807, 2.05) is 0 Å². The smallest absolute Gasteiger partial charge is 0.338 e. The summed E-state index contributed by atoms with van der Waals surface area (Å²) in [5.74, 6) is -2.71. The zero-order valence-electron chi connectivity index (χ0n) is 19.7. The summed E-state index contributed by atoms with van der Waals surface area (Å²) in [5.41, 5.74) is -3.42. The molecule has 37 heavy (non-hydrogen) atoms. The van der Waals surface area contributed by atoms with Gasteiger partial charge in [0.05, 0.1) is 17.6 Å². The maximum absolute atomic E-state index is 12.8. The number of esters is 1. The molecule has 5 N–H and O–H groups in total. The molecule has 1 aromatic carbocycles. The summed E-state index contributed by atoms with van der Waals surface area (Å²) < 4.78 is 56.6. The van der Waals surface area contributed by atoms with Crippen molar-refractivity contribution in [2.45, 2.75) is 73.8 Å². The Kier molecular flexibility index (Phi) is 5.88. The van der Waals surface area contributed by atoms with E-state index in [4.69, 9.17) is 27.9 Å². The Morgan fingerprint density at radius 1 is 1.14 bits per heavy atom. The van der Waals surface area contributed by atoms with Crippen LogP contribution in [-0.2, 0) is 39.2 Å². The molecule has 1 aromatic rings. The van der Waals surface area contributed by atoms with Gasteiger partial charge in [-0.15, -0.1) is 0 Å². The average Bonchev–Trinajstić information content (AvgIpc) is 3.05. The minimum atomic E-state index is -2.67. The van der Waals surface area contributed by atoms with Gasteiger partial charge in [-0.05, 0) is 25.5 Å². The molecule has 12 unspecified atom stereocenters. The number of carbonyl (C=O) groups is 1. The van der Waals surface area contributed by atoms with Gasteiger partial charge in [0.15, 0.2) is 18.4 Å². The van der Waals surface area contributed by atoms with Crippen LogP contribution < -0.4 is 0 Å². The third-order valence-corrected chi connectivity index (χ3v) is 9.18. The van der Waals surface area contributed by atoms with Crippen molar-refractivity contribution < 1.29 is 61.8 Å². The molecule has 0 radical (unpaired) electrons. The van der Waals surface area contributed by atoms with E-state index in [0.29, 0.717) is 5.56 Å². The summed E-state index contributed by atoms with van der Waals surface area (Å²) in [7, 11) is 0. The molecule has 3 saturated carbocycles. The fourth-order valence-corrected chi connectivity index (χ4v) is 7.53. The average molecular weight is 545 g/mol. The molecule has 4 aliphatic heterocycles. The normalized spacial score (nSPS) is 50.1. The van der Waals surface area contributed by atoms with Gasteiger partial charge >= 0.3 is 17.3 Å². The van der Waals surface area contributed by atoms with Crippen molar-refractivity contribution in [3.05, 3.63) is 35.9 Å². The van der Waals surface area contributed by atoms with Crippen molar-refractivity contribution in [1.29, 1.82) is 0 Å². The maximum Gasteiger partial charge on any atom is 0.338 e. The molecule has 4 heterocycles. The van der Waals surface area contributed by atoms with Gasteiger partial charge < -0.3 is 44.1 Å². The van der Waals surface area contributed by atoms with Crippen molar-refractivity contribution in [1.82, 2.24) is 0 Å². The minimum absolute atomic E-state index is 0.0146. The molecule has 3 aliphatic carbocycles. The van der Waals surface area contributed by atoms with Crippen molar-refractivity contribution in [3.63, 3.8) is 0 Å². The molecular weight excluding hydrogens is 516 g/mol. The van der Waals surface area contributed by atoms with E-state index in [2.05, 4.69) is 0 Å². The molecule has 4 saturated heterocycles. The quantitative estimate of drug-likeness (QED) is 0.194. The van der Waals surface area contributed by atoms with E-state index in [9.17, 15) is 34.0 Å². The van der Waals surface area contributed by atoms with Gasteiger partial charge in [0, 0.05) is 12.3 Å². The Morgan fingerprint density at radius 2 is 1.86 bits per heavy atom. The highest BCUT2D eigenvalue weighted by molar-refractivity contribution is 7.74. The van der Waals surface area contributed by atoms with Gasteiger partial charge in [-0.3, -0.25) is 4.55 Å². The first-order chi connectivity index (χ1) is 17.5. The molecule has 0 aromatic heterocycles. The minimum Gasteiger partial charge on any atom is -0.461 e. The van der Waals surface area contributed by atoms with Crippen LogP contribution in [0, 0.1) is 11.3 Å². The summed E-state index contributed by atoms with van der Waals surface area (Å²) in [6.07, 6.45) is -8.51. The van der Waals surface area contributed by atoms with Crippen LogP contribution in [0.1, 0.15) is 30.1 Å². The van der Waals surface area contributed by atoms with Gasteiger partial charge in [-0.1, -0.05) is 18.2 Å². The topological polar surface area (TPSA) is 191 Å². The highest BCUT2D eigenvalue weighted by atomic mass is 32.2. The van der Waals surface area contributed by atoms with Crippen molar-refractivity contribution in [2.24, 2.45) is 11.3 Å². The van der Waals surface area contributed by atoms with E-state index in [1.165, 1.54) is 0 Å². The number of hydrogen-bond donors (Lipinski definition) is 5. The van der Waals surface area contributed by atoms with Gasteiger partial charge in [-0.25, -0.2) is 8.98 Å². The van der Waals surface area contributed by atoms with Crippen LogP contribution in [0.5, 0.6) is 0 Å². The second-order valence-corrected chi connectivity index (χ2v) is 11.1. The molecule has 14 heteroatoms. The Bertz CT molecular complexity index is 1100. The lowest BCUT2D eigenvalue weighted by atomic mass is 9.41.